The average Bonchev–Trinajstić information content (AvgIpc) is 2.92. The summed E-state index contributed by atoms with van der Waals surface area (Å²) >= 11 is 0. The predicted octanol–water partition coefficient (Wildman–Crippen LogP) is 2.95. The van der Waals surface area contributed by atoms with E-state index in [-0.39, 0.29) is 18.3 Å². The van der Waals surface area contributed by atoms with Gasteiger partial charge in [-0.05, 0) is 40.1 Å². The van der Waals surface area contributed by atoms with E-state index in [0.29, 0.717) is 0 Å². The van der Waals surface area contributed by atoms with E-state index in [2.05, 4.69) is 32.9 Å². The molecule has 0 radical (unpaired) electrons. The highest BCUT2D eigenvalue weighted by Gasteiger charge is 2.51. The lowest BCUT2D eigenvalue weighted by Crippen LogP contribution is -2.41. The van der Waals surface area contributed by atoms with Gasteiger partial charge in [0.2, 0.25) is 0 Å². The Morgan fingerprint density at radius 2 is 1.52 bits per heavy atom. The van der Waals surface area contributed by atoms with Gasteiger partial charge in [0, 0.05) is 11.6 Å². The summed E-state index contributed by atoms with van der Waals surface area (Å²) in [5.41, 5.74) is 2.24. The topological polar surface area (TPSA) is 44.5 Å². The zero-order valence-electron chi connectivity index (χ0n) is 13.1. The van der Waals surface area contributed by atoms with E-state index in [0.717, 1.165) is 22.5 Å². The molecule has 1 aliphatic rings. The molecule has 0 saturated carbocycles. The van der Waals surface area contributed by atoms with Crippen LogP contribution >= 0.6 is 0 Å². The second-order valence-corrected chi connectivity index (χ2v) is 6.54. The number of hydrogen-bond acceptors (Lipinski definition) is 4. The average molecular weight is 285 g/mol. The van der Waals surface area contributed by atoms with Crippen LogP contribution in [0.15, 0.2) is 34.9 Å². The Bertz CT molecular complexity index is 630. The van der Waals surface area contributed by atoms with E-state index in [9.17, 15) is 0 Å². The lowest BCUT2D eigenvalue weighted by atomic mass is 9.79. The minimum absolute atomic E-state index is 0.321. The lowest BCUT2D eigenvalue weighted by Gasteiger charge is -2.32. The molecule has 4 nitrogen and oxygen atoms in total. The van der Waals surface area contributed by atoms with Crippen molar-refractivity contribution in [1.29, 1.82) is 0 Å². The molecule has 3 rings (SSSR count). The fourth-order valence-electron chi connectivity index (χ4n) is 2.28. The van der Waals surface area contributed by atoms with E-state index in [1.54, 1.807) is 0 Å². The summed E-state index contributed by atoms with van der Waals surface area (Å²) in [4.78, 5) is 0. The first-order valence-corrected chi connectivity index (χ1v) is 7.18. The fraction of sp³-hybridized carbons (Fsp3) is 0.438. The quantitative estimate of drug-likeness (QED) is 0.796. The molecule has 2 aromatic rings. The first-order valence-electron chi connectivity index (χ1n) is 7.18. The van der Waals surface area contributed by atoms with Gasteiger partial charge in [-0.1, -0.05) is 29.4 Å². The third kappa shape index (κ3) is 2.52. The second-order valence-electron chi connectivity index (χ2n) is 6.54. The highest BCUT2D eigenvalue weighted by Crippen LogP contribution is 2.36. The van der Waals surface area contributed by atoms with Crippen LogP contribution in [0.4, 0.5) is 0 Å². The van der Waals surface area contributed by atoms with Gasteiger partial charge in [-0.25, -0.2) is 0 Å². The van der Waals surface area contributed by atoms with Gasteiger partial charge in [0.15, 0.2) is 5.76 Å². The molecule has 5 heteroatoms. The molecule has 1 fully saturated rings. The fourth-order valence-corrected chi connectivity index (χ4v) is 2.28. The number of aryl methyl sites for hydroxylation is 1. The largest absolute Gasteiger partial charge is 0.494 e. The molecule has 1 saturated heterocycles. The van der Waals surface area contributed by atoms with Crippen LogP contribution in [0.3, 0.4) is 0 Å². The molecule has 2 heterocycles. The van der Waals surface area contributed by atoms with Crippen molar-refractivity contribution in [2.45, 2.75) is 45.8 Å². The lowest BCUT2D eigenvalue weighted by molar-refractivity contribution is 0.00578. The Hall–Kier alpha value is -1.59. The second kappa shape index (κ2) is 4.72. The Morgan fingerprint density at radius 3 is 2.00 bits per heavy atom. The summed E-state index contributed by atoms with van der Waals surface area (Å²) in [5, 5.41) is 3.91. The van der Waals surface area contributed by atoms with E-state index < -0.39 is 0 Å². The van der Waals surface area contributed by atoms with Gasteiger partial charge in [0.25, 0.3) is 0 Å². The smallest absolute Gasteiger partial charge is 0.399 e. The molecule has 0 bridgehead atoms. The van der Waals surface area contributed by atoms with Crippen molar-refractivity contribution < 1.29 is 13.8 Å². The van der Waals surface area contributed by atoms with E-state index in [1.165, 1.54) is 0 Å². The van der Waals surface area contributed by atoms with Crippen molar-refractivity contribution in [3.63, 3.8) is 0 Å². The van der Waals surface area contributed by atoms with Gasteiger partial charge in [0.1, 0.15) is 0 Å². The predicted molar refractivity (Wildman–Crippen MR) is 82.4 cm³/mol. The molecule has 0 unspecified atom stereocenters. The molecular formula is C16H20BNO3. The first-order chi connectivity index (χ1) is 9.78. The summed E-state index contributed by atoms with van der Waals surface area (Å²) in [7, 11) is -0.333. The minimum Gasteiger partial charge on any atom is -0.399 e. The molecular weight excluding hydrogens is 265 g/mol. The Labute approximate surface area is 125 Å². The maximum Gasteiger partial charge on any atom is 0.494 e. The van der Waals surface area contributed by atoms with Gasteiger partial charge in [-0.15, -0.1) is 0 Å². The van der Waals surface area contributed by atoms with Gasteiger partial charge < -0.3 is 13.8 Å². The van der Waals surface area contributed by atoms with Gasteiger partial charge in [-0.3, -0.25) is 0 Å². The maximum absolute atomic E-state index is 6.04. The molecule has 1 aromatic heterocycles. The Balaban J connectivity index is 1.83. The SMILES string of the molecule is Cc1cc(-c2ccc(B3OC(C)(C)C(C)(C)O3)cc2)on1. The Kier molecular flexibility index (Phi) is 3.22. The van der Waals surface area contributed by atoms with Crippen LogP contribution in [0.5, 0.6) is 0 Å². The number of nitrogens with zero attached hydrogens (tertiary/aromatic N) is 1. The van der Waals surface area contributed by atoms with Crippen molar-refractivity contribution >= 4 is 12.6 Å². The number of aromatic nitrogens is 1. The Morgan fingerprint density at radius 1 is 0.952 bits per heavy atom. The van der Waals surface area contributed by atoms with Crippen molar-refractivity contribution in [1.82, 2.24) is 5.16 Å². The van der Waals surface area contributed by atoms with Crippen molar-refractivity contribution in [3.8, 4) is 11.3 Å². The van der Waals surface area contributed by atoms with Crippen LogP contribution in [0.25, 0.3) is 11.3 Å². The van der Waals surface area contributed by atoms with Gasteiger partial charge >= 0.3 is 7.12 Å². The van der Waals surface area contributed by atoms with Crippen molar-refractivity contribution in [2.24, 2.45) is 0 Å². The summed E-state index contributed by atoms with van der Waals surface area (Å²) in [6, 6.07) is 9.94. The summed E-state index contributed by atoms with van der Waals surface area (Å²) in [6.45, 7) is 10.1. The molecule has 110 valence electrons. The minimum atomic E-state index is -0.333. The zero-order valence-corrected chi connectivity index (χ0v) is 13.1. The summed E-state index contributed by atoms with van der Waals surface area (Å²) in [6.07, 6.45) is 0. The first kappa shape index (κ1) is 14.4. The highest BCUT2D eigenvalue weighted by molar-refractivity contribution is 6.62. The van der Waals surface area contributed by atoms with Crippen LogP contribution in [-0.2, 0) is 9.31 Å². The number of rotatable bonds is 2. The highest BCUT2D eigenvalue weighted by atomic mass is 16.7. The van der Waals surface area contributed by atoms with Crippen molar-refractivity contribution in [2.75, 3.05) is 0 Å². The van der Waals surface area contributed by atoms with Crippen LogP contribution < -0.4 is 5.46 Å². The van der Waals surface area contributed by atoms with Crippen LogP contribution in [-0.4, -0.2) is 23.5 Å². The standard InChI is InChI=1S/C16H20BNO3/c1-11-10-14(19-18-11)12-6-8-13(9-7-12)17-20-15(2,3)16(4,5)21-17/h6-10H,1-5H3. The molecule has 21 heavy (non-hydrogen) atoms. The zero-order chi connectivity index (χ0) is 15.3. The van der Waals surface area contributed by atoms with E-state index in [4.69, 9.17) is 13.8 Å². The third-order valence-electron chi connectivity index (χ3n) is 4.35. The van der Waals surface area contributed by atoms with Crippen LogP contribution in [0.2, 0.25) is 0 Å². The molecule has 1 aliphatic heterocycles. The molecule has 0 spiro atoms. The maximum atomic E-state index is 6.04. The van der Waals surface area contributed by atoms with E-state index in [1.807, 2.05) is 37.3 Å². The number of hydrogen-bond donors (Lipinski definition) is 0. The van der Waals surface area contributed by atoms with Crippen LogP contribution in [0.1, 0.15) is 33.4 Å². The van der Waals surface area contributed by atoms with Crippen LogP contribution in [0, 0.1) is 6.92 Å². The molecule has 1 aromatic carbocycles. The van der Waals surface area contributed by atoms with E-state index >= 15 is 0 Å². The van der Waals surface area contributed by atoms with Gasteiger partial charge in [-0.2, -0.15) is 0 Å². The normalized spacial score (nSPS) is 20.0. The number of benzene rings is 1. The summed E-state index contributed by atoms with van der Waals surface area (Å²) < 4.78 is 17.4. The summed E-state index contributed by atoms with van der Waals surface area (Å²) in [5.74, 6) is 0.771. The van der Waals surface area contributed by atoms with Crippen molar-refractivity contribution in [3.05, 3.63) is 36.0 Å². The third-order valence-corrected chi connectivity index (χ3v) is 4.35. The molecule has 0 atom stereocenters. The van der Waals surface area contributed by atoms with Gasteiger partial charge in [0.05, 0.1) is 16.9 Å². The molecule has 0 aliphatic carbocycles. The molecule has 0 amide bonds. The monoisotopic (exact) mass is 285 g/mol. The molecule has 0 N–H and O–H groups in total.